The van der Waals surface area contributed by atoms with Crippen LogP contribution < -0.4 is 15.0 Å². The number of esters is 1. The average Bonchev–Trinajstić information content (AvgIpc) is 2.80. The van der Waals surface area contributed by atoms with Crippen molar-refractivity contribution in [1.82, 2.24) is 5.32 Å². The van der Waals surface area contributed by atoms with Gasteiger partial charge >= 0.3 is 12.0 Å². The Morgan fingerprint density at radius 1 is 0.971 bits per heavy atom. The Morgan fingerprint density at radius 3 is 2.32 bits per heavy atom. The van der Waals surface area contributed by atoms with Gasteiger partial charge in [-0.1, -0.05) is 51.8 Å². The fraction of sp³-hybridized carbons (Fsp3) is 0.0400. The molecule has 0 aliphatic carbocycles. The van der Waals surface area contributed by atoms with Gasteiger partial charge in [0.15, 0.2) is 5.75 Å². The summed E-state index contributed by atoms with van der Waals surface area (Å²) in [5.74, 6) is -2.15. The minimum absolute atomic E-state index is 0.115. The van der Waals surface area contributed by atoms with Gasteiger partial charge in [-0.3, -0.25) is 14.9 Å². The largest absolute Gasteiger partial charge is 0.421 e. The molecule has 7 nitrogen and oxygen atoms in total. The highest BCUT2D eigenvalue weighted by molar-refractivity contribution is 9.11. The van der Waals surface area contributed by atoms with Gasteiger partial charge < -0.3 is 4.74 Å². The highest BCUT2D eigenvalue weighted by Gasteiger charge is 2.37. The van der Waals surface area contributed by atoms with E-state index in [0.29, 0.717) is 20.2 Å². The molecule has 1 N–H and O–H groups in total. The van der Waals surface area contributed by atoms with Crippen molar-refractivity contribution < 1.29 is 23.9 Å². The van der Waals surface area contributed by atoms with Crippen LogP contribution in [0.4, 0.5) is 10.5 Å². The zero-order valence-electron chi connectivity index (χ0n) is 17.7. The second-order valence-corrected chi connectivity index (χ2v) is 9.12. The van der Waals surface area contributed by atoms with Crippen LogP contribution in [0, 0.1) is 6.92 Å². The van der Waals surface area contributed by atoms with Crippen molar-refractivity contribution in [2.24, 2.45) is 0 Å². The minimum Gasteiger partial charge on any atom is -0.421 e. The number of carbonyl (C=O) groups excluding carboxylic acids is 4. The Bertz CT molecular complexity index is 1350. The van der Waals surface area contributed by atoms with Crippen LogP contribution >= 0.6 is 31.9 Å². The maximum Gasteiger partial charge on any atom is 0.343 e. The summed E-state index contributed by atoms with van der Waals surface area (Å²) in [5.41, 5.74) is 1.59. The zero-order chi connectivity index (χ0) is 24.4. The topological polar surface area (TPSA) is 92.8 Å². The number of barbiturate groups is 1. The minimum atomic E-state index is -0.852. The van der Waals surface area contributed by atoms with Gasteiger partial charge in [-0.25, -0.2) is 14.5 Å². The Labute approximate surface area is 211 Å². The van der Waals surface area contributed by atoms with Crippen molar-refractivity contribution in [3.63, 3.8) is 0 Å². The van der Waals surface area contributed by atoms with E-state index in [-0.39, 0.29) is 16.9 Å². The van der Waals surface area contributed by atoms with E-state index in [1.807, 2.05) is 6.92 Å². The SMILES string of the molecule is Cc1ccc(N2C(=O)NC(=O)/C(=C/c3cc(Br)cc(Br)c3OC(=O)c3ccccc3)C2=O)cc1. The van der Waals surface area contributed by atoms with Gasteiger partial charge in [-0.15, -0.1) is 0 Å². The quantitative estimate of drug-likeness (QED) is 0.192. The van der Waals surface area contributed by atoms with Gasteiger partial charge in [-0.05, 0) is 65.3 Å². The van der Waals surface area contributed by atoms with Gasteiger partial charge in [0, 0.05) is 10.0 Å². The van der Waals surface area contributed by atoms with Crippen molar-refractivity contribution >= 4 is 67.4 Å². The Morgan fingerprint density at radius 2 is 1.65 bits per heavy atom. The molecule has 0 saturated carbocycles. The number of hydrogen-bond donors (Lipinski definition) is 1. The first-order valence-corrected chi connectivity index (χ1v) is 11.6. The first-order chi connectivity index (χ1) is 16.2. The van der Waals surface area contributed by atoms with Crippen molar-refractivity contribution in [2.45, 2.75) is 6.92 Å². The molecule has 1 fully saturated rings. The molecule has 1 aliphatic rings. The van der Waals surface area contributed by atoms with Crippen LogP contribution in [0.1, 0.15) is 21.5 Å². The third kappa shape index (κ3) is 4.85. The first kappa shape index (κ1) is 23.6. The molecule has 1 heterocycles. The molecule has 34 heavy (non-hydrogen) atoms. The summed E-state index contributed by atoms with van der Waals surface area (Å²) < 4.78 is 6.64. The number of carbonyl (C=O) groups is 4. The summed E-state index contributed by atoms with van der Waals surface area (Å²) in [7, 11) is 0. The number of imide groups is 2. The lowest BCUT2D eigenvalue weighted by Crippen LogP contribution is -2.54. The summed E-state index contributed by atoms with van der Waals surface area (Å²) in [6.07, 6.45) is 1.29. The fourth-order valence-electron chi connectivity index (χ4n) is 3.26. The van der Waals surface area contributed by atoms with Crippen LogP contribution in [0.25, 0.3) is 6.08 Å². The molecule has 0 aromatic heterocycles. The van der Waals surface area contributed by atoms with Crippen LogP contribution in [0.15, 0.2) is 81.2 Å². The number of rotatable bonds is 4. The maximum atomic E-state index is 13.2. The number of hydrogen-bond acceptors (Lipinski definition) is 5. The number of aryl methyl sites for hydroxylation is 1. The van der Waals surface area contributed by atoms with E-state index in [0.717, 1.165) is 10.5 Å². The van der Waals surface area contributed by atoms with Crippen LogP contribution in [0.5, 0.6) is 5.75 Å². The molecule has 0 atom stereocenters. The van der Waals surface area contributed by atoms with E-state index in [4.69, 9.17) is 4.74 Å². The molecular weight excluding hydrogens is 568 g/mol. The monoisotopic (exact) mass is 582 g/mol. The number of ether oxygens (including phenoxy) is 1. The van der Waals surface area contributed by atoms with Gasteiger partial charge in [0.2, 0.25) is 0 Å². The van der Waals surface area contributed by atoms with E-state index >= 15 is 0 Å². The second kappa shape index (κ2) is 9.74. The third-order valence-corrected chi connectivity index (χ3v) is 5.98. The number of halogens is 2. The van der Waals surface area contributed by atoms with E-state index in [1.54, 1.807) is 66.7 Å². The number of anilines is 1. The third-order valence-electron chi connectivity index (χ3n) is 4.94. The first-order valence-electron chi connectivity index (χ1n) is 9.99. The summed E-state index contributed by atoms with van der Waals surface area (Å²) >= 11 is 6.74. The lowest BCUT2D eigenvalue weighted by Gasteiger charge is -2.26. The summed E-state index contributed by atoms with van der Waals surface area (Å²) in [6, 6.07) is 17.6. The van der Waals surface area contributed by atoms with Gasteiger partial charge in [0.05, 0.1) is 15.7 Å². The molecule has 0 unspecified atom stereocenters. The lowest BCUT2D eigenvalue weighted by molar-refractivity contribution is -0.122. The van der Waals surface area contributed by atoms with Crippen LogP contribution in [0.3, 0.4) is 0 Å². The van der Waals surface area contributed by atoms with E-state index < -0.39 is 23.8 Å². The normalized spacial score (nSPS) is 14.9. The number of nitrogens with zero attached hydrogens (tertiary/aromatic N) is 1. The van der Waals surface area contributed by atoms with Crippen LogP contribution in [-0.2, 0) is 9.59 Å². The highest BCUT2D eigenvalue weighted by Crippen LogP contribution is 2.35. The van der Waals surface area contributed by atoms with E-state index in [2.05, 4.69) is 37.2 Å². The molecule has 4 amide bonds. The molecule has 0 radical (unpaired) electrons. The Hall–Kier alpha value is -3.56. The molecule has 9 heteroatoms. The summed E-state index contributed by atoms with van der Waals surface area (Å²) in [5, 5.41) is 2.19. The Balaban J connectivity index is 1.75. The second-order valence-electron chi connectivity index (χ2n) is 7.35. The van der Waals surface area contributed by atoms with Crippen molar-refractivity contribution in [3.8, 4) is 5.75 Å². The highest BCUT2D eigenvalue weighted by atomic mass is 79.9. The zero-order valence-corrected chi connectivity index (χ0v) is 20.8. The Kier molecular flexibility index (Phi) is 6.76. The van der Waals surface area contributed by atoms with Crippen molar-refractivity contribution in [3.05, 3.63) is 97.9 Å². The van der Waals surface area contributed by atoms with Crippen LogP contribution in [-0.4, -0.2) is 23.8 Å². The van der Waals surface area contributed by atoms with Gasteiger partial charge in [0.25, 0.3) is 11.8 Å². The summed E-state index contributed by atoms with van der Waals surface area (Å²) in [4.78, 5) is 51.8. The average molecular weight is 584 g/mol. The summed E-state index contributed by atoms with van der Waals surface area (Å²) in [6.45, 7) is 1.88. The van der Waals surface area contributed by atoms with Crippen molar-refractivity contribution in [2.75, 3.05) is 4.90 Å². The predicted octanol–water partition coefficient (Wildman–Crippen LogP) is 5.41. The van der Waals surface area contributed by atoms with Crippen molar-refractivity contribution in [1.29, 1.82) is 0 Å². The number of benzene rings is 3. The molecule has 1 aliphatic heterocycles. The smallest absolute Gasteiger partial charge is 0.343 e. The molecule has 3 aromatic rings. The number of amides is 4. The number of nitrogens with one attached hydrogen (secondary N) is 1. The molecule has 0 spiro atoms. The molecule has 3 aromatic carbocycles. The van der Waals surface area contributed by atoms with Gasteiger partial charge in [0.1, 0.15) is 5.57 Å². The molecule has 1 saturated heterocycles. The predicted molar refractivity (Wildman–Crippen MR) is 133 cm³/mol. The van der Waals surface area contributed by atoms with Crippen LogP contribution in [0.2, 0.25) is 0 Å². The molecular formula is C25H16Br2N2O5. The molecule has 170 valence electrons. The molecule has 0 bridgehead atoms. The van der Waals surface area contributed by atoms with Gasteiger partial charge in [-0.2, -0.15) is 0 Å². The number of urea groups is 1. The standard InChI is InChI=1S/C25H16Br2N2O5/c1-14-7-9-18(10-8-14)29-23(31)19(22(30)28-25(29)33)12-16-11-17(26)13-20(27)21(16)34-24(32)15-5-3-2-4-6-15/h2-13H,1H3,(H,28,30,33)/b19-12-. The fourth-order valence-corrected chi connectivity index (χ4v) is 4.60. The van der Waals surface area contributed by atoms with E-state index in [1.165, 1.54) is 6.08 Å². The van der Waals surface area contributed by atoms with E-state index in [9.17, 15) is 19.2 Å². The maximum absolute atomic E-state index is 13.2. The lowest BCUT2D eigenvalue weighted by atomic mass is 10.1. The molecule has 4 rings (SSSR count).